The lowest BCUT2D eigenvalue weighted by Gasteiger charge is -2.36. The molecule has 1 aromatic heterocycles. The van der Waals surface area contributed by atoms with E-state index >= 15 is 0 Å². The fourth-order valence-electron chi connectivity index (χ4n) is 10.3. The van der Waals surface area contributed by atoms with Crippen LogP contribution >= 0.6 is 8.20 Å². The number of alkyl carbamates (subject to hydrolysis) is 2. The number of nitrogens with one attached hydrogen (secondary N) is 5. The van der Waals surface area contributed by atoms with E-state index in [9.17, 15) is 43.5 Å². The summed E-state index contributed by atoms with van der Waals surface area (Å²) in [4.78, 5) is 114. The number of aliphatic hydroxyl groups excluding tert-OH is 1. The fourth-order valence-corrected chi connectivity index (χ4v) is 10.8. The SMILES string of the molecule is C=PCCC(NC(=O)C(NC(=O)OC)C(C)(C)C)C(O)CN(Cc1ccc(-c2ccccn2)cc1)NC(=O)C(NC(=O)OCCCC(=O)NCCOc1cccc(C(CCc2ccc(OC)c(OC)c2)OC(=O)C2CCCCN2C(=O)C(=O)C(C)(C)CC)c1)C(C)(C)C. The quantitative estimate of drug-likeness (QED) is 0.00636. The Morgan fingerprint density at radius 1 is 0.774 bits per heavy atom. The van der Waals surface area contributed by atoms with Crippen molar-refractivity contribution in [1.29, 1.82) is 0 Å². The number of aryl methyl sites for hydroxylation is 1. The molecule has 0 radical (unpaired) electrons. The van der Waals surface area contributed by atoms with Crippen LogP contribution in [0.3, 0.4) is 0 Å². The Morgan fingerprint density at radius 3 is 2.11 bits per heavy atom. The predicted octanol–water partition coefficient (Wildman–Crippen LogP) is 8.70. The third-order valence-electron chi connectivity index (χ3n) is 16.2. The van der Waals surface area contributed by atoms with Gasteiger partial charge in [0.2, 0.25) is 17.6 Å². The molecule has 0 aliphatic carbocycles. The van der Waals surface area contributed by atoms with E-state index in [4.69, 9.17) is 28.4 Å². The van der Waals surface area contributed by atoms with Crippen molar-refractivity contribution < 1.29 is 71.9 Å². The van der Waals surface area contributed by atoms with Crippen molar-refractivity contribution in [3.05, 3.63) is 108 Å². The summed E-state index contributed by atoms with van der Waals surface area (Å²) >= 11 is 0. The van der Waals surface area contributed by atoms with E-state index < -0.39 is 94.3 Å². The van der Waals surface area contributed by atoms with E-state index in [1.807, 2.05) is 67.6 Å². The van der Waals surface area contributed by atoms with Crippen LogP contribution in [0.5, 0.6) is 17.2 Å². The van der Waals surface area contributed by atoms with E-state index in [0.29, 0.717) is 73.9 Å². The van der Waals surface area contributed by atoms with Crippen molar-refractivity contribution in [3.63, 3.8) is 0 Å². The number of carbonyl (C=O) groups is 8. The average Bonchev–Trinajstić information content (AvgIpc) is 0.977. The van der Waals surface area contributed by atoms with Gasteiger partial charge in [0.15, 0.2) is 11.5 Å². The van der Waals surface area contributed by atoms with E-state index in [-0.39, 0.29) is 58.1 Å². The fraction of sp³-hybridized carbons (Fsp3) is 0.536. The van der Waals surface area contributed by atoms with E-state index in [0.717, 1.165) is 30.6 Å². The highest BCUT2D eigenvalue weighted by Gasteiger charge is 2.42. The number of pyridine rings is 1. The zero-order valence-corrected chi connectivity index (χ0v) is 57.0. The number of aromatic nitrogens is 1. The number of Topliss-reactive ketones (excluding diaryl/α,β-unsaturated/α-hetero) is 1. The molecule has 24 heteroatoms. The summed E-state index contributed by atoms with van der Waals surface area (Å²) in [6, 6.07) is 21.8. The molecule has 1 saturated heterocycles. The number of benzene rings is 3. The van der Waals surface area contributed by atoms with Crippen LogP contribution in [0, 0.1) is 16.2 Å². The van der Waals surface area contributed by atoms with Crippen LogP contribution in [0.2, 0.25) is 0 Å². The molecule has 0 bridgehead atoms. The van der Waals surface area contributed by atoms with Crippen molar-refractivity contribution in [1.82, 2.24) is 41.6 Å². The molecule has 0 saturated carbocycles. The first-order chi connectivity index (χ1) is 44.1. The molecule has 4 aromatic rings. The number of rotatable bonds is 34. The van der Waals surface area contributed by atoms with E-state index in [1.54, 1.807) is 100 Å². The number of likely N-dealkylation sites (tertiary alicyclic amines) is 1. The molecule has 1 aliphatic heterocycles. The number of hydrazine groups is 1. The first-order valence-electron chi connectivity index (χ1n) is 31.6. The number of piperidine rings is 1. The smallest absolute Gasteiger partial charge is 0.407 e. The van der Waals surface area contributed by atoms with Gasteiger partial charge in [-0.1, -0.05) is 117 Å². The summed E-state index contributed by atoms with van der Waals surface area (Å²) in [5.74, 6) is -1.75. The van der Waals surface area contributed by atoms with Gasteiger partial charge in [0.25, 0.3) is 11.8 Å². The Bertz CT molecular complexity index is 3140. The molecule has 5 rings (SSSR count). The Morgan fingerprint density at radius 2 is 1.46 bits per heavy atom. The maximum Gasteiger partial charge on any atom is 0.407 e. The van der Waals surface area contributed by atoms with E-state index in [2.05, 4.69) is 38.0 Å². The number of methoxy groups -OCH3 is 3. The molecule has 6 unspecified atom stereocenters. The van der Waals surface area contributed by atoms with Gasteiger partial charge >= 0.3 is 18.2 Å². The second kappa shape index (κ2) is 36.3. The molecule has 6 N–H and O–H groups in total. The normalized spacial score (nSPS) is 15.1. The number of ketones is 1. The lowest BCUT2D eigenvalue weighted by Crippen LogP contribution is -2.60. The van der Waals surface area contributed by atoms with Gasteiger partial charge in [-0.15, -0.1) is 8.20 Å². The summed E-state index contributed by atoms with van der Waals surface area (Å²) < 4.78 is 33.6. The molecular weight excluding hydrogens is 1210 g/mol. The number of hydrogen-bond acceptors (Lipinski definition) is 17. The van der Waals surface area contributed by atoms with Crippen LogP contribution in [0.15, 0.2) is 91.1 Å². The van der Waals surface area contributed by atoms with E-state index in [1.165, 1.54) is 17.0 Å². The maximum absolute atomic E-state index is 14.4. The Hall–Kier alpha value is -8.14. The summed E-state index contributed by atoms with van der Waals surface area (Å²) in [6.45, 7) is 16.2. The number of amides is 6. The first kappa shape index (κ1) is 75.6. The first-order valence-corrected chi connectivity index (χ1v) is 32.9. The van der Waals surface area contributed by atoms with Gasteiger partial charge in [0.1, 0.15) is 36.6 Å². The predicted molar refractivity (Wildman–Crippen MR) is 356 cm³/mol. The number of aliphatic hydroxyl groups is 1. The van der Waals surface area contributed by atoms with Gasteiger partial charge in [0.05, 0.1) is 52.3 Å². The van der Waals surface area contributed by atoms with Crippen molar-refractivity contribution in [3.8, 4) is 28.5 Å². The number of ether oxygens (including phenoxy) is 6. The second-order valence-corrected chi connectivity index (χ2v) is 26.7. The summed E-state index contributed by atoms with van der Waals surface area (Å²) in [6.07, 6.45) is 5.83. The minimum absolute atomic E-state index is 0.00215. The molecule has 1 fully saturated rings. The Kier molecular flexibility index (Phi) is 29.5. The largest absolute Gasteiger partial charge is 0.493 e. The van der Waals surface area contributed by atoms with Gasteiger partial charge < -0.3 is 59.7 Å². The third kappa shape index (κ3) is 23.7. The van der Waals surface area contributed by atoms with Crippen molar-refractivity contribution in [2.75, 3.05) is 60.3 Å². The zero-order chi connectivity index (χ0) is 68.5. The van der Waals surface area contributed by atoms with Gasteiger partial charge in [-0.25, -0.2) is 19.4 Å². The number of hydrogen-bond donors (Lipinski definition) is 6. The molecule has 508 valence electrons. The summed E-state index contributed by atoms with van der Waals surface area (Å²) in [5.41, 5.74) is 4.34. The zero-order valence-electron chi connectivity index (χ0n) is 56.1. The van der Waals surface area contributed by atoms with Crippen LogP contribution < -0.4 is 40.9 Å². The maximum atomic E-state index is 14.4. The van der Waals surface area contributed by atoms with Crippen molar-refractivity contribution in [2.24, 2.45) is 16.2 Å². The standard InChI is InChI=1S/C69H97N8O15P/c1-14-69(8,9)60(80)63(83)77-37-18-16-24-52(77)64(84)92-54(32-28-45-29-33-55(87-10)56(41-45)88-11)48-21-19-22-49(42-48)90-39-36-71-57(79)25-20-38-91-66(86)74-59(68(5,6)7)62(82)75-76(43-46-26-30-47(31-27-46)50-23-15-17-35-70-50)44-53(78)51(34-40-93-13)72-61(81)58(67(2,3)4)73-65(85)89-12/h15,17,19,21-23,26-27,29-31,33,35,41-42,51-54,58-59,78H,13-14,16,18,20,24-25,28,32,34,36-40,43-44H2,1-12H3,(H,71,79)(H,72,81)(H,73,85)(H,74,86)(H,75,82). The Labute approximate surface area is 549 Å². The lowest BCUT2D eigenvalue weighted by molar-refractivity contribution is -0.164. The average molecular weight is 1310 g/mol. The highest BCUT2D eigenvalue weighted by atomic mass is 31.1. The molecule has 0 spiro atoms. The molecule has 93 heavy (non-hydrogen) atoms. The molecule has 3 aromatic carbocycles. The van der Waals surface area contributed by atoms with Gasteiger partial charge in [0, 0.05) is 43.2 Å². The minimum atomic E-state index is -1.26. The van der Waals surface area contributed by atoms with Gasteiger partial charge in [-0.3, -0.25) is 34.4 Å². The highest BCUT2D eigenvalue weighted by molar-refractivity contribution is 7.36. The van der Waals surface area contributed by atoms with Crippen LogP contribution in [0.4, 0.5) is 9.59 Å². The highest BCUT2D eigenvalue weighted by Crippen LogP contribution is 2.33. The third-order valence-corrected chi connectivity index (χ3v) is 16.7. The summed E-state index contributed by atoms with van der Waals surface area (Å²) in [7, 11) is 5.07. The molecule has 23 nitrogen and oxygen atoms in total. The number of carbonyl (C=O) groups excluding carboxylic acids is 8. The lowest BCUT2D eigenvalue weighted by atomic mass is 9.84. The van der Waals surface area contributed by atoms with Crippen LogP contribution in [0.25, 0.3) is 11.3 Å². The van der Waals surface area contributed by atoms with Crippen LogP contribution in [-0.4, -0.2) is 164 Å². The monoisotopic (exact) mass is 1310 g/mol. The Balaban J connectivity index is 1.19. The van der Waals surface area contributed by atoms with Gasteiger partial charge in [-0.2, -0.15) is 0 Å². The molecule has 6 amide bonds. The van der Waals surface area contributed by atoms with Crippen molar-refractivity contribution in [2.45, 2.75) is 163 Å². The number of nitrogens with zero attached hydrogens (tertiary/aromatic N) is 3. The van der Waals surface area contributed by atoms with Crippen LogP contribution in [0.1, 0.15) is 136 Å². The molecular formula is C69H97N8O15P. The van der Waals surface area contributed by atoms with Gasteiger partial charge in [-0.05, 0) is 121 Å². The molecule has 2 heterocycles. The second-order valence-electron chi connectivity index (χ2n) is 25.8. The van der Waals surface area contributed by atoms with Crippen LogP contribution in [-0.2, 0) is 55.9 Å². The topological polar surface area (TPSA) is 292 Å². The molecule has 6 atom stereocenters. The number of esters is 1. The minimum Gasteiger partial charge on any atom is -0.493 e. The van der Waals surface area contributed by atoms with Crippen molar-refractivity contribution >= 4 is 62.1 Å². The molecule has 1 aliphatic rings. The summed E-state index contributed by atoms with van der Waals surface area (Å²) in [5, 5.41) is 24.5.